The van der Waals surface area contributed by atoms with Gasteiger partial charge in [0, 0.05) is 21.5 Å². The van der Waals surface area contributed by atoms with Crippen LogP contribution >= 0.6 is 0 Å². The Kier molecular flexibility index (Phi) is 2.91. The highest BCUT2D eigenvalue weighted by Gasteiger charge is 1.93. The quantitative estimate of drug-likeness (QED) is 0.627. The monoisotopic (exact) mass is 173 g/mol. The van der Waals surface area contributed by atoms with Crippen molar-refractivity contribution in [2.75, 3.05) is 0 Å². The molecular weight excluding hydrogens is 158 g/mol. The van der Waals surface area contributed by atoms with Crippen molar-refractivity contribution in [1.29, 1.82) is 0 Å². The highest BCUT2D eigenvalue weighted by Crippen LogP contribution is 2.01. The van der Waals surface area contributed by atoms with Gasteiger partial charge in [-0.25, -0.2) is 0 Å². The number of aromatic amines is 1. The lowest BCUT2D eigenvalue weighted by molar-refractivity contribution is 1.30. The molecule has 0 fully saturated rings. The molecule has 0 aliphatic rings. The van der Waals surface area contributed by atoms with Crippen LogP contribution in [-0.4, -0.2) is 4.98 Å². The van der Waals surface area contributed by atoms with E-state index in [-0.39, 0.29) is 0 Å². The first-order valence-corrected chi connectivity index (χ1v) is 4.53. The lowest BCUT2D eigenvalue weighted by Gasteiger charge is -1.84. The van der Waals surface area contributed by atoms with Crippen LogP contribution in [0.1, 0.15) is 13.8 Å². The predicted molar refractivity (Wildman–Crippen MR) is 59.9 cm³/mol. The fourth-order valence-electron chi connectivity index (χ4n) is 1.33. The third-order valence-corrected chi connectivity index (χ3v) is 1.88. The van der Waals surface area contributed by atoms with Gasteiger partial charge in [-0.05, 0) is 0 Å². The van der Waals surface area contributed by atoms with E-state index in [1.807, 2.05) is 38.1 Å². The molecule has 0 saturated heterocycles. The van der Waals surface area contributed by atoms with Crippen molar-refractivity contribution in [3.05, 3.63) is 35.0 Å². The molecule has 0 amide bonds. The van der Waals surface area contributed by atoms with Crippen molar-refractivity contribution in [2.45, 2.75) is 13.8 Å². The summed E-state index contributed by atoms with van der Waals surface area (Å²) >= 11 is 0. The SMILES string of the molecule is C=c1[nH]c(=C)c2ccccc12.CC. The molecule has 13 heavy (non-hydrogen) atoms. The second-order valence-electron chi connectivity index (χ2n) is 2.63. The Morgan fingerprint density at radius 3 is 1.69 bits per heavy atom. The van der Waals surface area contributed by atoms with Crippen LogP contribution in [0.2, 0.25) is 0 Å². The van der Waals surface area contributed by atoms with Gasteiger partial charge in [-0.1, -0.05) is 51.3 Å². The maximum atomic E-state index is 3.87. The number of hydrogen-bond acceptors (Lipinski definition) is 0. The number of H-pyrrole nitrogens is 1. The molecule has 68 valence electrons. The normalized spacial score (nSPS) is 9.38. The molecule has 0 spiro atoms. The molecule has 1 nitrogen and oxygen atoms in total. The van der Waals surface area contributed by atoms with Gasteiger partial charge in [0.25, 0.3) is 0 Å². The summed E-state index contributed by atoms with van der Waals surface area (Å²) in [6, 6.07) is 8.10. The second kappa shape index (κ2) is 3.94. The number of benzene rings is 1. The van der Waals surface area contributed by atoms with E-state index in [0.717, 1.165) is 21.5 Å². The van der Waals surface area contributed by atoms with Crippen LogP contribution in [0.15, 0.2) is 24.3 Å². The molecule has 1 N–H and O–H groups in total. The summed E-state index contributed by atoms with van der Waals surface area (Å²) in [6.07, 6.45) is 0. The molecule has 1 aromatic heterocycles. The van der Waals surface area contributed by atoms with E-state index in [2.05, 4.69) is 18.1 Å². The Morgan fingerprint density at radius 2 is 1.31 bits per heavy atom. The summed E-state index contributed by atoms with van der Waals surface area (Å²) in [6.45, 7) is 11.7. The highest BCUT2D eigenvalue weighted by molar-refractivity contribution is 5.82. The molecule has 0 aliphatic carbocycles. The summed E-state index contributed by atoms with van der Waals surface area (Å²) in [5.41, 5.74) is 0. The zero-order valence-corrected chi connectivity index (χ0v) is 8.22. The van der Waals surface area contributed by atoms with Gasteiger partial charge >= 0.3 is 0 Å². The van der Waals surface area contributed by atoms with Crippen molar-refractivity contribution < 1.29 is 0 Å². The van der Waals surface area contributed by atoms with Crippen molar-refractivity contribution in [1.82, 2.24) is 4.98 Å². The highest BCUT2D eigenvalue weighted by atomic mass is 14.7. The summed E-state index contributed by atoms with van der Waals surface area (Å²) in [4.78, 5) is 3.09. The molecule has 0 radical (unpaired) electrons. The van der Waals surface area contributed by atoms with Crippen LogP contribution in [0.3, 0.4) is 0 Å². The first kappa shape index (κ1) is 9.59. The molecule has 2 aromatic rings. The first-order valence-electron chi connectivity index (χ1n) is 4.53. The van der Waals surface area contributed by atoms with Gasteiger partial charge < -0.3 is 4.98 Å². The molecule has 0 bridgehead atoms. The number of hydrogen-bond donors (Lipinski definition) is 1. The molecular formula is C12H15N. The lowest BCUT2D eigenvalue weighted by Crippen LogP contribution is -2.04. The van der Waals surface area contributed by atoms with E-state index in [1.165, 1.54) is 0 Å². The minimum atomic E-state index is 0.950. The molecule has 1 heterocycles. The van der Waals surface area contributed by atoms with Crippen molar-refractivity contribution in [3.8, 4) is 0 Å². The van der Waals surface area contributed by atoms with Crippen LogP contribution in [-0.2, 0) is 0 Å². The topological polar surface area (TPSA) is 15.8 Å². The number of rotatable bonds is 0. The molecule has 0 unspecified atom stereocenters. The Bertz CT molecular complexity index is 435. The minimum Gasteiger partial charge on any atom is -0.355 e. The molecule has 0 saturated carbocycles. The molecule has 2 rings (SSSR count). The fraction of sp³-hybridized carbons (Fsp3) is 0.167. The van der Waals surface area contributed by atoms with Crippen LogP contribution in [0.25, 0.3) is 23.9 Å². The minimum absolute atomic E-state index is 0.950. The van der Waals surface area contributed by atoms with Gasteiger partial charge in [-0.3, -0.25) is 0 Å². The van der Waals surface area contributed by atoms with Gasteiger partial charge in [0.15, 0.2) is 0 Å². The zero-order chi connectivity index (χ0) is 9.84. The maximum Gasteiger partial charge on any atom is 0.0391 e. The Labute approximate surface area is 78.4 Å². The summed E-state index contributed by atoms with van der Waals surface area (Å²) < 4.78 is 0. The second-order valence-corrected chi connectivity index (χ2v) is 2.63. The Morgan fingerprint density at radius 1 is 0.923 bits per heavy atom. The van der Waals surface area contributed by atoms with Crippen molar-refractivity contribution in [2.24, 2.45) is 0 Å². The summed E-state index contributed by atoms with van der Waals surface area (Å²) in [5, 5.41) is 4.23. The number of nitrogens with one attached hydrogen (secondary N) is 1. The first-order chi connectivity index (χ1) is 6.29. The van der Waals surface area contributed by atoms with E-state index in [1.54, 1.807) is 0 Å². The van der Waals surface area contributed by atoms with E-state index in [4.69, 9.17) is 0 Å². The zero-order valence-electron chi connectivity index (χ0n) is 8.22. The van der Waals surface area contributed by atoms with Crippen molar-refractivity contribution >= 4 is 23.9 Å². The molecule has 0 atom stereocenters. The summed E-state index contributed by atoms with van der Waals surface area (Å²) in [5.74, 6) is 0. The van der Waals surface area contributed by atoms with Gasteiger partial charge in [-0.2, -0.15) is 0 Å². The fourth-order valence-corrected chi connectivity index (χ4v) is 1.33. The van der Waals surface area contributed by atoms with Crippen LogP contribution in [0.5, 0.6) is 0 Å². The van der Waals surface area contributed by atoms with Crippen molar-refractivity contribution in [3.63, 3.8) is 0 Å². The standard InChI is InChI=1S/C10H9N.C2H6/c1-7-9-5-3-4-6-10(9)8(2)11-7;1-2/h3-6,11H,1-2H2;1-2H3. The van der Waals surface area contributed by atoms with Crippen LogP contribution in [0, 0.1) is 0 Å². The molecule has 0 aliphatic heterocycles. The lowest BCUT2D eigenvalue weighted by atomic mass is 10.2. The molecule has 1 aromatic carbocycles. The van der Waals surface area contributed by atoms with Crippen LogP contribution < -0.4 is 10.7 Å². The van der Waals surface area contributed by atoms with E-state index < -0.39 is 0 Å². The smallest absolute Gasteiger partial charge is 0.0391 e. The predicted octanol–water partition coefficient (Wildman–Crippen LogP) is 2.01. The maximum absolute atomic E-state index is 3.87. The third-order valence-electron chi connectivity index (χ3n) is 1.88. The van der Waals surface area contributed by atoms with Gasteiger partial charge in [0.2, 0.25) is 0 Å². The third kappa shape index (κ3) is 1.64. The van der Waals surface area contributed by atoms with E-state index in [9.17, 15) is 0 Å². The average molecular weight is 173 g/mol. The Hall–Kier alpha value is -1.50. The molecule has 1 heteroatoms. The average Bonchev–Trinajstić information content (AvgIpc) is 2.47. The van der Waals surface area contributed by atoms with E-state index >= 15 is 0 Å². The Balaban J connectivity index is 0.000000396. The van der Waals surface area contributed by atoms with Gasteiger partial charge in [0.05, 0.1) is 0 Å². The van der Waals surface area contributed by atoms with E-state index in [0.29, 0.717) is 0 Å². The largest absolute Gasteiger partial charge is 0.355 e. The van der Waals surface area contributed by atoms with Gasteiger partial charge in [-0.15, -0.1) is 0 Å². The summed E-state index contributed by atoms with van der Waals surface area (Å²) in [7, 11) is 0. The number of aromatic nitrogens is 1. The van der Waals surface area contributed by atoms with Crippen LogP contribution in [0.4, 0.5) is 0 Å². The number of fused-ring (bicyclic) bond motifs is 1. The van der Waals surface area contributed by atoms with Gasteiger partial charge in [0.1, 0.15) is 0 Å².